The van der Waals surface area contributed by atoms with E-state index in [2.05, 4.69) is 17.2 Å². The van der Waals surface area contributed by atoms with E-state index in [-0.39, 0.29) is 10.6 Å². The van der Waals surface area contributed by atoms with Crippen LogP contribution in [0.3, 0.4) is 0 Å². The van der Waals surface area contributed by atoms with E-state index in [0.29, 0.717) is 12.1 Å². The highest BCUT2D eigenvalue weighted by molar-refractivity contribution is 7.11. The molecule has 1 heterocycles. The molecule has 1 aromatic carbocycles. The molecule has 19 heavy (non-hydrogen) atoms. The first-order chi connectivity index (χ1) is 9.10. The largest absolute Gasteiger partial charge is 0.379 e. The molecule has 0 radical (unpaired) electrons. The molecule has 0 bridgehead atoms. The van der Waals surface area contributed by atoms with Gasteiger partial charge in [0.15, 0.2) is 0 Å². The zero-order valence-electron chi connectivity index (χ0n) is 10.8. The maximum absolute atomic E-state index is 10.7. The Bertz CT molecular complexity index is 595. The Labute approximate surface area is 115 Å². The smallest absolute Gasteiger partial charge is 0.272 e. The summed E-state index contributed by atoms with van der Waals surface area (Å²) in [5.74, 6) is 0. The predicted molar refractivity (Wildman–Crippen MR) is 76.7 cm³/mol. The van der Waals surface area contributed by atoms with Crippen molar-refractivity contribution in [2.45, 2.75) is 26.8 Å². The molecule has 5 nitrogen and oxygen atoms in total. The third-order valence-corrected chi connectivity index (χ3v) is 3.93. The SMILES string of the molecule is CCc1cnc(CNc2ccc([N+](=O)[O-])c(C)c2)s1. The molecule has 1 N–H and O–H groups in total. The van der Waals surface area contributed by atoms with Crippen molar-refractivity contribution in [2.24, 2.45) is 0 Å². The number of benzene rings is 1. The molecular weight excluding hydrogens is 262 g/mol. The molecule has 0 fully saturated rings. The fraction of sp³-hybridized carbons (Fsp3) is 0.308. The fourth-order valence-electron chi connectivity index (χ4n) is 1.74. The van der Waals surface area contributed by atoms with Crippen LogP contribution in [0.25, 0.3) is 0 Å². The summed E-state index contributed by atoms with van der Waals surface area (Å²) >= 11 is 1.68. The quantitative estimate of drug-likeness (QED) is 0.670. The van der Waals surface area contributed by atoms with Gasteiger partial charge in [0, 0.05) is 28.4 Å². The molecule has 0 saturated heterocycles. The molecule has 0 amide bonds. The van der Waals surface area contributed by atoms with E-state index in [1.165, 1.54) is 10.9 Å². The zero-order chi connectivity index (χ0) is 13.8. The highest BCUT2D eigenvalue weighted by Crippen LogP contribution is 2.22. The van der Waals surface area contributed by atoms with Crippen LogP contribution in [-0.2, 0) is 13.0 Å². The summed E-state index contributed by atoms with van der Waals surface area (Å²) < 4.78 is 0. The Morgan fingerprint density at radius 2 is 2.26 bits per heavy atom. The number of thiazole rings is 1. The number of nitro benzene ring substituents is 1. The lowest BCUT2D eigenvalue weighted by Crippen LogP contribution is -2.00. The van der Waals surface area contributed by atoms with Gasteiger partial charge in [-0.25, -0.2) is 4.98 Å². The third-order valence-electron chi connectivity index (χ3n) is 2.79. The summed E-state index contributed by atoms with van der Waals surface area (Å²) in [4.78, 5) is 15.9. The van der Waals surface area contributed by atoms with Crippen molar-refractivity contribution in [1.82, 2.24) is 4.98 Å². The number of aryl methyl sites for hydroxylation is 2. The minimum atomic E-state index is -0.368. The number of rotatable bonds is 5. The molecule has 0 unspecified atom stereocenters. The van der Waals surface area contributed by atoms with Crippen molar-refractivity contribution in [1.29, 1.82) is 0 Å². The fourth-order valence-corrected chi connectivity index (χ4v) is 2.54. The van der Waals surface area contributed by atoms with Gasteiger partial charge < -0.3 is 5.32 Å². The van der Waals surface area contributed by atoms with E-state index in [0.717, 1.165) is 17.1 Å². The standard InChI is InChI=1S/C13H15N3O2S/c1-3-11-7-15-13(19-11)8-14-10-4-5-12(16(17)18)9(2)6-10/h4-7,14H,3,8H2,1-2H3. The second kappa shape index (κ2) is 5.79. The first-order valence-corrected chi connectivity index (χ1v) is 6.84. The van der Waals surface area contributed by atoms with E-state index in [4.69, 9.17) is 0 Å². The molecule has 100 valence electrons. The van der Waals surface area contributed by atoms with E-state index >= 15 is 0 Å². The normalized spacial score (nSPS) is 10.4. The van der Waals surface area contributed by atoms with Crippen LogP contribution in [0.4, 0.5) is 11.4 Å². The molecule has 0 aliphatic rings. The molecule has 0 atom stereocenters. The van der Waals surface area contributed by atoms with Gasteiger partial charge >= 0.3 is 0 Å². The maximum atomic E-state index is 10.7. The molecule has 0 aliphatic carbocycles. The number of nitro groups is 1. The molecule has 0 aliphatic heterocycles. The Hall–Kier alpha value is -1.95. The van der Waals surface area contributed by atoms with E-state index < -0.39 is 0 Å². The number of nitrogens with zero attached hydrogens (tertiary/aromatic N) is 2. The van der Waals surface area contributed by atoms with Gasteiger partial charge in [0.1, 0.15) is 5.01 Å². The van der Waals surface area contributed by atoms with Crippen LogP contribution in [0, 0.1) is 17.0 Å². The van der Waals surface area contributed by atoms with Crippen LogP contribution in [0.1, 0.15) is 22.4 Å². The number of nitrogens with one attached hydrogen (secondary N) is 1. The molecule has 6 heteroatoms. The number of hydrogen-bond donors (Lipinski definition) is 1. The Balaban J connectivity index is 2.03. The molecule has 1 aromatic heterocycles. The summed E-state index contributed by atoms with van der Waals surface area (Å²) in [7, 11) is 0. The van der Waals surface area contributed by atoms with E-state index in [1.54, 1.807) is 30.4 Å². The number of hydrogen-bond acceptors (Lipinski definition) is 5. The Morgan fingerprint density at radius 1 is 1.47 bits per heavy atom. The second-order valence-electron chi connectivity index (χ2n) is 4.19. The zero-order valence-corrected chi connectivity index (χ0v) is 11.7. The Morgan fingerprint density at radius 3 is 2.84 bits per heavy atom. The monoisotopic (exact) mass is 277 g/mol. The second-order valence-corrected chi connectivity index (χ2v) is 5.39. The molecule has 2 aromatic rings. The van der Waals surface area contributed by atoms with Crippen molar-refractivity contribution in [3.05, 3.63) is 50.0 Å². The van der Waals surface area contributed by atoms with E-state index in [1.807, 2.05) is 6.20 Å². The Kier molecular flexibility index (Phi) is 4.11. The average molecular weight is 277 g/mol. The van der Waals surface area contributed by atoms with Gasteiger partial charge in [-0.1, -0.05) is 6.92 Å². The van der Waals surface area contributed by atoms with E-state index in [9.17, 15) is 10.1 Å². The predicted octanol–water partition coefficient (Wildman–Crippen LogP) is 3.53. The highest BCUT2D eigenvalue weighted by Gasteiger charge is 2.10. The first-order valence-electron chi connectivity index (χ1n) is 6.02. The summed E-state index contributed by atoms with van der Waals surface area (Å²) in [6, 6.07) is 5.03. The van der Waals surface area contributed by atoms with Gasteiger partial charge in [0.2, 0.25) is 0 Å². The van der Waals surface area contributed by atoms with Crippen LogP contribution >= 0.6 is 11.3 Å². The van der Waals surface area contributed by atoms with Gasteiger partial charge in [0.25, 0.3) is 5.69 Å². The maximum Gasteiger partial charge on any atom is 0.272 e. The molecular formula is C13H15N3O2S. The summed E-state index contributed by atoms with van der Waals surface area (Å²) in [5, 5.41) is 15.0. The lowest BCUT2D eigenvalue weighted by molar-refractivity contribution is -0.385. The van der Waals surface area contributed by atoms with Crippen molar-refractivity contribution in [3.63, 3.8) is 0 Å². The number of anilines is 1. The van der Waals surface area contributed by atoms with Crippen LogP contribution < -0.4 is 5.32 Å². The lowest BCUT2D eigenvalue weighted by atomic mass is 10.2. The van der Waals surface area contributed by atoms with Gasteiger partial charge in [-0.2, -0.15) is 0 Å². The van der Waals surface area contributed by atoms with Crippen molar-refractivity contribution in [2.75, 3.05) is 5.32 Å². The minimum Gasteiger partial charge on any atom is -0.379 e. The number of aromatic nitrogens is 1. The molecule has 0 saturated carbocycles. The van der Waals surface area contributed by atoms with Crippen molar-refractivity contribution < 1.29 is 4.92 Å². The average Bonchev–Trinajstić information content (AvgIpc) is 2.84. The molecule has 0 spiro atoms. The molecule has 2 rings (SSSR count). The van der Waals surface area contributed by atoms with Gasteiger partial charge in [-0.15, -0.1) is 11.3 Å². The summed E-state index contributed by atoms with van der Waals surface area (Å²) in [6.07, 6.45) is 2.89. The first kappa shape index (κ1) is 13.5. The highest BCUT2D eigenvalue weighted by atomic mass is 32.1. The van der Waals surface area contributed by atoms with Gasteiger partial charge in [0.05, 0.1) is 11.5 Å². The van der Waals surface area contributed by atoms with Crippen molar-refractivity contribution >= 4 is 22.7 Å². The third kappa shape index (κ3) is 3.29. The van der Waals surface area contributed by atoms with Gasteiger partial charge in [-0.3, -0.25) is 10.1 Å². The van der Waals surface area contributed by atoms with Crippen LogP contribution in [0.15, 0.2) is 24.4 Å². The lowest BCUT2D eigenvalue weighted by Gasteiger charge is -2.05. The van der Waals surface area contributed by atoms with Crippen molar-refractivity contribution in [3.8, 4) is 0 Å². The topological polar surface area (TPSA) is 68.1 Å². The van der Waals surface area contributed by atoms with Crippen LogP contribution in [-0.4, -0.2) is 9.91 Å². The summed E-state index contributed by atoms with van der Waals surface area (Å²) in [6.45, 7) is 4.48. The minimum absolute atomic E-state index is 0.146. The summed E-state index contributed by atoms with van der Waals surface area (Å²) in [5.41, 5.74) is 1.67. The van der Waals surface area contributed by atoms with Gasteiger partial charge in [-0.05, 0) is 25.5 Å². The van der Waals surface area contributed by atoms with Crippen LogP contribution in [0.2, 0.25) is 0 Å². The van der Waals surface area contributed by atoms with Crippen LogP contribution in [0.5, 0.6) is 0 Å².